The summed E-state index contributed by atoms with van der Waals surface area (Å²) in [6.45, 7) is -0.684. The first-order valence-corrected chi connectivity index (χ1v) is 16.2. The van der Waals surface area contributed by atoms with E-state index in [1.807, 2.05) is 30.3 Å². The number of benzene rings is 4. The van der Waals surface area contributed by atoms with Crippen LogP contribution < -0.4 is 9.62 Å². The van der Waals surface area contributed by atoms with Crippen molar-refractivity contribution in [1.82, 2.24) is 10.2 Å². The number of rotatable bonds is 11. The lowest BCUT2D eigenvalue weighted by atomic mass is 10.0. The number of anilines is 1. The molecule has 1 atom stereocenters. The zero-order chi connectivity index (χ0) is 30.3. The van der Waals surface area contributed by atoms with Gasteiger partial charge < -0.3 is 10.2 Å². The number of nitrogens with one attached hydrogen (secondary N) is 1. The predicted molar refractivity (Wildman–Crippen MR) is 175 cm³/mol. The second-order valence-corrected chi connectivity index (χ2v) is 13.3. The first-order valence-electron chi connectivity index (χ1n) is 12.9. The minimum absolute atomic E-state index is 0.0317. The van der Waals surface area contributed by atoms with E-state index in [2.05, 4.69) is 27.9 Å². The van der Waals surface area contributed by atoms with Gasteiger partial charge in [0.05, 0.1) is 10.6 Å². The number of sulfonamides is 1. The van der Waals surface area contributed by atoms with Gasteiger partial charge in [-0.15, -0.1) is 0 Å². The average Bonchev–Trinajstić information content (AvgIpc) is 3.00. The molecule has 1 N–H and O–H groups in total. The second kappa shape index (κ2) is 14.4. The number of nitrogens with zero attached hydrogens (tertiary/aromatic N) is 2. The van der Waals surface area contributed by atoms with Crippen LogP contribution in [0.5, 0.6) is 0 Å². The Morgan fingerprint density at radius 3 is 1.98 bits per heavy atom. The number of carbonyl (C=O) groups is 2. The van der Waals surface area contributed by atoms with E-state index in [4.69, 9.17) is 23.2 Å². The summed E-state index contributed by atoms with van der Waals surface area (Å²) < 4.78 is 29.8. The topological polar surface area (TPSA) is 86.8 Å². The van der Waals surface area contributed by atoms with Crippen LogP contribution in [0.4, 0.5) is 5.69 Å². The molecule has 0 aromatic heterocycles. The van der Waals surface area contributed by atoms with Gasteiger partial charge >= 0.3 is 0 Å². The van der Waals surface area contributed by atoms with Gasteiger partial charge in [0.25, 0.3) is 10.0 Å². The van der Waals surface area contributed by atoms with Crippen molar-refractivity contribution in [2.75, 3.05) is 17.9 Å². The maximum atomic E-state index is 14.3. The van der Waals surface area contributed by atoms with Gasteiger partial charge in [-0.1, -0.05) is 77.8 Å². The molecule has 4 aromatic carbocycles. The van der Waals surface area contributed by atoms with Gasteiger partial charge in [-0.05, 0) is 76.7 Å². The Hall–Kier alpha value is -3.12. The normalized spacial score (nSPS) is 11.9. The summed E-state index contributed by atoms with van der Waals surface area (Å²) in [5, 5.41) is 3.29. The van der Waals surface area contributed by atoms with Gasteiger partial charge in [-0.3, -0.25) is 13.9 Å². The van der Waals surface area contributed by atoms with E-state index in [0.29, 0.717) is 21.3 Å². The van der Waals surface area contributed by atoms with Crippen molar-refractivity contribution in [2.24, 2.45) is 0 Å². The first-order chi connectivity index (χ1) is 20.1. The fourth-order valence-electron chi connectivity index (χ4n) is 4.43. The maximum absolute atomic E-state index is 14.3. The average molecular weight is 736 g/mol. The summed E-state index contributed by atoms with van der Waals surface area (Å²) >= 11 is 15.1. The largest absolute Gasteiger partial charge is 0.357 e. The van der Waals surface area contributed by atoms with Gasteiger partial charge in [0.1, 0.15) is 12.6 Å². The molecule has 0 aliphatic heterocycles. The lowest BCUT2D eigenvalue weighted by Crippen LogP contribution is -2.53. The number of likely N-dealkylation sites (N-methyl/N-ethyl adjacent to an activating group) is 1. The number of hydrogen-bond acceptors (Lipinski definition) is 4. The summed E-state index contributed by atoms with van der Waals surface area (Å²) in [6.07, 6.45) is 0.184. The van der Waals surface area contributed by atoms with Gasteiger partial charge in [0.15, 0.2) is 0 Å². The first kappa shape index (κ1) is 31.8. The number of hydrogen-bond donors (Lipinski definition) is 1. The highest BCUT2D eigenvalue weighted by Gasteiger charge is 2.34. The molecule has 4 rings (SSSR count). The van der Waals surface area contributed by atoms with Crippen molar-refractivity contribution >= 4 is 73.3 Å². The van der Waals surface area contributed by atoms with Crippen molar-refractivity contribution in [1.29, 1.82) is 0 Å². The molecule has 0 spiro atoms. The van der Waals surface area contributed by atoms with Crippen molar-refractivity contribution < 1.29 is 18.0 Å². The van der Waals surface area contributed by atoms with Crippen LogP contribution in [0.15, 0.2) is 108 Å². The van der Waals surface area contributed by atoms with Gasteiger partial charge in [0, 0.05) is 39.2 Å². The lowest BCUT2D eigenvalue weighted by molar-refractivity contribution is -0.139. The molecule has 42 heavy (non-hydrogen) atoms. The molecule has 0 aliphatic rings. The SMILES string of the molecule is CNC(=O)C(Cc1ccccc1)N(Cc1c(Cl)cccc1Cl)C(=O)CN(c1ccc(I)cc1)S(=O)(=O)c1ccccc1. The van der Waals surface area contributed by atoms with Crippen molar-refractivity contribution in [3.63, 3.8) is 0 Å². The Morgan fingerprint density at radius 2 is 1.40 bits per heavy atom. The van der Waals surface area contributed by atoms with Crippen LogP contribution in [0.25, 0.3) is 0 Å². The molecule has 0 radical (unpaired) electrons. The number of carbonyl (C=O) groups excluding carboxylic acids is 2. The van der Waals surface area contributed by atoms with Crippen molar-refractivity contribution in [2.45, 2.75) is 23.9 Å². The molecule has 7 nitrogen and oxygen atoms in total. The zero-order valence-electron chi connectivity index (χ0n) is 22.6. The zero-order valence-corrected chi connectivity index (χ0v) is 27.1. The van der Waals surface area contributed by atoms with Crippen LogP contribution in [-0.2, 0) is 32.6 Å². The maximum Gasteiger partial charge on any atom is 0.264 e. The molecule has 0 aliphatic carbocycles. The van der Waals surface area contributed by atoms with E-state index in [0.717, 1.165) is 13.4 Å². The van der Waals surface area contributed by atoms with E-state index >= 15 is 0 Å². The minimum atomic E-state index is -4.16. The molecule has 0 heterocycles. The number of halogens is 3. The monoisotopic (exact) mass is 735 g/mol. The molecule has 0 saturated heterocycles. The molecular weight excluding hydrogens is 708 g/mol. The molecule has 218 valence electrons. The molecule has 0 saturated carbocycles. The molecule has 0 fully saturated rings. The van der Waals surface area contributed by atoms with Gasteiger partial charge in [0.2, 0.25) is 11.8 Å². The van der Waals surface area contributed by atoms with Crippen molar-refractivity contribution in [3.05, 3.63) is 128 Å². The van der Waals surface area contributed by atoms with E-state index < -0.39 is 34.4 Å². The summed E-state index contributed by atoms with van der Waals surface area (Å²) in [5.74, 6) is -1.02. The Morgan fingerprint density at radius 1 is 0.833 bits per heavy atom. The third-order valence-corrected chi connectivity index (χ3v) is 9.85. The molecular formula is C31H28Cl2IN3O4S. The minimum Gasteiger partial charge on any atom is -0.357 e. The van der Waals surface area contributed by atoms with Crippen molar-refractivity contribution in [3.8, 4) is 0 Å². The van der Waals surface area contributed by atoms with Gasteiger partial charge in [-0.2, -0.15) is 0 Å². The third-order valence-electron chi connectivity index (χ3n) is 6.63. The smallest absolute Gasteiger partial charge is 0.264 e. The summed E-state index contributed by atoms with van der Waals surface area (Å²) in [4.78, 5) is 29.0. The van der Waals surface area contributed by atoms with Crippen LogP contribution in [0.3, 0.4) is 0 Å². The summed E-state index contributed by atoms with van der Waals surface area (Å²) in [7, 11) is -2.68. The Balaban J connectivity index is 1.81. The predicted octanol–water partition coefficient (Wildman–Crippen LogP) is 6.18. The van der Waals surface area contributed by atoms with E-state index in [1.54, 1.807) is 60.7 Å². The lowest BCUT2D eigenvalue weighted by Gasteiger charge is -2.34. The van der Waals surface area contributed by atoms with E-state index in [-0.39, 0.29) is 17.9 Å². The van der Waals surface area contributed by atoms with Crippen LogP contribution >= 0.6 is 45.8 Å². The second-order valence-electron chi connectivity index (χ2n) is 9.34. The fourth-order valence-corrected chi connectivity index (χ4v) is 6.74. The highest BCUT2D eigenvalue weighted by Crippen LogP contribution is 2.29. The van der Waals surface area contributed by atoms with Crippen LogP contribution in [-0.4, -0.2) is 44.8 Å². The standard InChI is InChI=1S/C31H28Cl2IN3O4S/c1-35-31(39)29(19-22-9-4-2-5-10-22)36(20-26-27(32)13-8-14-28(26)33)30(38)21-37(24-17-15-23(34)16-18-24)42(40,41)25-11-6-3-7-12-25/h2-18,29H,19-21H2,1H3,(H,35,39). The molecule has 0 bridgehead atoms. The molecule has 11 heteroatoms. The van der Waals surface area contributed by atoms with Gasteiger partial charge in [-0.25, -0.2) is 8.42 Å². The van der Waals surface area contributed by atoms with E-state index in [1.165, 1.54) is 24.1 Å². The molecule has 2 amide bonds. The Kier molecular flexibility index (Phi) is 10.9. The molecule has 1 unspecified atom stereocenters. The van der Waals surface area contributed by atoms with Crippen LogP contribution in [0, 0.1) is 3.57 Å². The molecule has 4 aromatic rings. The van der Waals surface area contributed by atoms with Crippen LogP contribution in [0.1, 0.15) is 11.1 Å². The Bertz CT molecular complexity index is 1620. The highest BCUT2D eigenvalue weighted by atomic mass is 127. The third kappa shape index (κ3) is 7.63. The highest BCUT2D eigenvalue weighted by molar-refractivity contribution is 14.1. The fraction of sp³-hybridized carbons (Fsp3) is 0.161. The van der Waals surface area contributed by atoms with Crippen LogP contribution in [0.2, 0.25) is 10.0 Å². The van der Waals surface area contributed by atoms with E-state index in [9.17, 15) is 18.0 Å². The summed E-state index contributed by atoms with van der Waals surface area (Å²) in [5.41, 5.74) is 1.58. The summed E-state index contributed by atoms with van der Waals surface area (Å²) in [6, 6.07) is 28.0. The quantitative estimate of drug-likeness (QED) is 0.187. The Labute approximate surface area is 269 Å². The number of amides is 2.